The Balaban J connectivity index is 1.69. The van der Waals surface area contributed by atoms with Crippen LogP contribution in [0.3, 0.4) is 0 Å². The van der Waals surface area contributed by atoms with Crippen molar-refractivity contribution in [1.82, 2.24) is 5.32 Å². The van der Waals surface area contributed by atoms with Gasteiger partial charge in [-0.2, -0.15) is 0 Å². The van der Waals surface area contributed by atoms with Crippen molar-refractivity contribution in [2.24, 2.45) is 5.41 Å². The van der Waals surface area contributed by atoms with Gasteiger partial charge < -0.3 is 10.6 Å². The Labute approximate surface area is 123 Å². The predicted octanol–water partition coefficient (Wildman–Crippen LogP) is 4.10. The lowest BCUT2D eigenvalue weighted by Gasteiger charge is -2.39. The smallest absolute Gasteiger partial charge is 0.0418 e. The molecule has 2 aliphatic rings. The van der Waals surface area contributed by atoms with Crippen molar-refractivity contribution < 1.29 is 0 Å². The van der Waals surface area contributed by atoms with E-state index in [0.717, 1.165) is 13.1 Å². The quantitative estimate of drug-likeness (QED) is 0.865. The molecule has 1 heterocycles. The topological polar surface area (TPSA) is 24.1 Å². The number of para-hydroxylation sites is 1. The zero-order valence-electron chi connectivity index (χ0n) is 13.0. The van der Waals surface area contributed by atoms with E-state index in [1.807, 2.05) is 0 Å². The summed E-state index contributed by atoms with van der Waals surface area (Å²) >= 11 is 0. The highest BCUT2D eigenvalue weighted by Gasteiger charge is 2.31. The third-order valence-corrected chi connectivity index (χ3v) is 5.21. The number of benzene rings is 1. The number of rotatable bonds is 3. The summed E-state index contributed by atoms with van der Waals surface area (Å²) in [6, 6.07) is 7.43. The molecule has 0 aromatic heterocycles. The molecule has 1 saturated carbocycles. The fourth-order valence-electron chi connectivity index (χ4n) is 3.83. The van der Waals surface area contributed by atoms with Crippen LogP contribution in [0.2, 0.25) is 0 Å². The van der Waals surface area contributed by atoms with Crippen LogP contribution in [0.25, 0.3) is 0 Å². The van der Waals surface area contributed by atoms with Gasteiger partial charge in [0, 0.05) is 24.8 Å². The molecule has 0 saturated heterocycles. The molecule has 2 nitrogen and oxygen atoms in total. The van der Waals surface area contributed by atoms with Crippen molar-refractivity contribution in [2.45, 2.75) is 65.0 Å². The first-order chi connectivity index (χ1) is 9.67. The Hall–Kier alpha value is -1.02. The average molecular weight is 272 g/mol. The second kappa shape index (κ2) is 5.77. The third kappa shape index (κ3) is 2.85. The van der Waals surface area contributed by atoms with E-state index in [4.69, 9.17) is 0 Å². The second-order valence-corrected chi connectivity index (χ2v) is 7.15. The minimum absolute atomic E-state index is 0.445. The van der Waals surface area contributed by atoms with Gasteiger partial charge in [0.1, 0.15) is 0 Å². The van der Waals surface area contributed by atoms with Crippen molar-refractivity contribution in [3.05, 3.63) is 29.3 Å². The van der Waals surface area contributed by atoms with Crippen LogP contribution in [0.4, 0.5) is 5.69 Å². The van der Waals surface area contributed by atoms with Gasteiger partial charge in [-0.3, -0.25) is 0 Å². The molecule has 2 N–H and O–H groups in total. The summed E-state index contributed by atoms with van der Waals surface area (Å²) in [6.07, 6.45) is 7.95. The molecule has 1 aliphatic carbocycles. The maximum absolute atomic E-state index is 3.84. The molecule has 1 atom stereocenters. The van der Waals surface area contributed by atoms with Gasteiger partial charge >= 0.3 is 0 Å². The molecule has 0 spiro atoms. The van der Waals surface area contributed by atoms with E-state index in [0.29, 0.717) is 11.5 Å². The summed E-state index contributed by atoms with van der Waals surface area (Å²) < 4.78 is 0. The van der Waals surface area contributed by atoms with Gasteiger partial charge in [-0.25, -0.2) is 0 Å². The van der Waals surface area contributed by atoms with Crippen LogP contribution < -0.4 is 10.6 Å². The SMILES string of the molecule is CC1(C)CCCCC1NCc1cccc2c1NCCC2. The van der Waals surface area contributed by atoms with Crippen LogP contribution in [-0.2, 0) is 13.0 Å². The van der Waals surface area contributed by atoms with Gasteiger partial charge in [-0.1, -0.05) is 44.9 Å². The molecular formula is C18H28N2. The molecule has 110 valence electrons. The molecule has 1 aromatic carbocycles. The molecule has 1 fully saturated rings. The second-order valence-electron chi connectivity index (χ2n) is 7.15. The number of anilines is 1. The zero-order valence-corrected chi connectivity index (χ0v) is 13.0. The van der Waals surface area contributed by atoms with E-state index in [2.05, 4.69) is 42.7 Å². The maximum atomic E-state index is 3.84. The molecule has 0 radical (unpaired) electrons. The normalized spacial score (nSPS) is 24.8. The van der Waals surface area contributed by atoms with E-state index in [-0.39, 0.29) is 0 Å². The van der Waals surface area contributed by atoms with Gasteiger partial charge in [0.2, 0.25) is 0 Å². The standard InChI is InChI=1S/C18H28N2/c1-18(2)11-4-3-10-16(18)20-13-15-8-5-7-14-9-6-12-19-17(14)15/h5,7-8,16,19-20H,3-4,6,9-13H2,1-2H3. The number of fused-ring (bicyclic) bond motifs is 1. The summed E-state index contributed by atoms with van der Waals surface area (Å²) in [7, 11) is 0. The van der Waals surface area contributed by atoms with Crippen molar-refractivity contribution in [2.75, 3.05) is 11.9 Å². The van der Waals surface area contributed by atoms with E-state index in [9.17, 15) is 0 Å². The average Bonchev–Trinajstić information content (AvgIpc) is 2.46. The summed E-state index contributed by atoms with van der Waals surface area (Å²) in [6.45, 7) is 6.97. The first-order valence-electron chi connectivity index (χ1n) is 8.25. The van der Waals surface area contributed by atoms with Crippen LogP contribution in [0.15, 0.2) is 18.2 Å². The molecule has 20 heavy (non-hydrogen) atoms. The number of hydrogen-bond donors (Lipinski definition) is 2. The molecular weight excluding hydrogens is 244 g/mol. The van der Waals surface area contributed by atoms with Gasteiger partial charge in [0.05, 0.1) is 0 Å². The lowest BCUT2D eigenvalue weighted by molar-refractivity contribution is 0.167. The Bertz CT molecular complexity index is 464. The Morgan fingerprint density at radius 3 is 3.00 bits per heavy atom. The van der Waals surface area contributed by atoms with E-state index >= 15 is 0 Å². The number of nitrogens with one attached hydrogen (secondary N) is 2. The Kier molecular flexibility index (Phi) is 4.02. The molecule has 0 bridgehead atoms. The zero-order chi connectivity index (χ0) is 14.0. The molecule has 1 aliphatic heterocycles. The van der Waals surface area contributed by atoms with Crippen molar-refractivity contribution in [1.29, 1.82) is 0 Å². The number of aryl methyl sites for hydroxylation is 1. The van der Waals surface area contributed by atoms with E-state index in [1.165, 1.54) is 55.3 Å². The fraction of sp³-hybridized carbons (Fsp3) is 0.667. The summed E-state index contributed by atoms with van der Waals surface area (Å²) in [5, 5.41) is 7.44. The van der Waals surface area contributed by atoms with Gasteiger partial charge in [0.25, 0.3) is 0 Å². The Morgan fingerprint density at radius 2 is 2.15 bits per heavy atom. The van der Waals surface area contributed by atoms with Gasteiger partial charge in [0.15, 0.2) is 0 Å². The monoisotopic (exact) mass is 272 g/mol. The molecule has 1 unspecified atom stereocenters. The molecule has 0 amide bonds. The first kappa shape index (κ1) is 13.9. The predicted molar refractivity (Wildman–Crippen MR) is 86.1 cm³/mol. The van der Waals surface area contributed by atoms with Crippen LogP contribution in [0, 0.1) is 5.41 Å². The minimum atomic E-state index is 0.445. The molecule has 2 heteroatoms. The summed E-state index contributed by atoms with van der Waals surface area (Å²) in [5.41, 5.74) is 4.79. The largest absolute Gasteiger partial charge is 0.385 e. The van der Waals surface area contributed by atoms with Crippen LogP contribution in [-0.4, -0.2) is 12.6 Å². The summed E-state index contributed by atoms with van der Waals surface area (Å²) in [4.78, 5) is 0. The van der Waals surface area contributed by atoms with Crippen LogP contribution >= 0.6 is 0 Å². The van der Waals surface area contributed by atoms with Gasteiger partial charge in [-0.05, 0) is 42.2 Å². The highest BCUT2D eigenvalue weighted by atomic mass is 14.9. The van der Waals surface area contributed by atoms with Crippen LogP contribution in [0.5, 0.6) is 0 Å². The highest BCUT2D eigenvalue weighted by molar-refractivity contribution is 5.59. The Morgan fingerprint density at radius 1 is 1.25 bits per heavy atom. The highest BCUT2D eigenvalue weighted by Crippen LogP contribution is 2.36. The number of hydrogen-bond acceptors (Lipinski definition) is 2. The van der Waals surface area contributed by atoms with Crippen LogP contribution in [0.1, 0.15) is 57.1 Å². The van der Waals surface area contributed by atoms with Crippen molar-refractivity contribution in [3.63, 3.8) is 0 Å². The molecule has 1 aromatic rings. The summed E-state index contributed by atoms with van der Waals surface area (Å²) in [5.74, 6) is 0. The van der Waals surface area contributed by atoms with E-state index in [1.54, 1.807) is 0 Å². The van der Waals surface area contributed by atoms with E-state index < -0.39 is 0 Å². The first-order valence-corrected chi connectivity index (χ1v) is 8.25. The lowest BCUT2D eigenvalue weighted by atomic mass is 9.73. The van der Waals surface area contributed by atoms with Crippen molar-refractivity contribution >= 4 is 5.69 Å². The lowest BCUT2D eigenvalue weighted by Crippen LogP contribution is -2.43. The third-order valence-electron chi connectivity index (χ3n) is 5.21. The minimum Gasteiger partial charge on any atom is -0.385 e. The van der Waals surface area contributed by atoms with Crippen molar-refractivity contribution in [3.8, 4) is 0 Å². The fourth-order valence-corrected chi connectivity index (χ4v) is 3.83. The van der Waals surface area contributed by atoms with Gasteiger partial charge in [-0.15, -0.1) is 0 Å². The maximum Gasteiger partial charge on any atom is 0.0418 e. The molecule has 3 rings (SSSR count).